The Labute approximate surface area is 125 Å². The van der Waals surface area contributed by atoms with E-state index in [0.717, 1.165) is 33.9 Å². The number of fused-ring (bicyclic) bond motifs is 1. The summed E-state index contributed by atoms with van der Waals surface area (Å²) >= 11 is 3.60. The van der Waals surface area contributed by atoms with E-state index in [0.29, 0.717) is 6.10 Å². The largest absolute Gasteiger partial charge is 0.373 e. The number of halogens is 1. The van der Waals surface area contributed by atoms with Crippen LogP contribution in [0.1, 0.15) is 31.4 Å². The van der Waals surface area contributed by atoms with Crippen molar-refractivity contribution in [3.8, 4) is 0 Å². The van der Waals surface area contributed by atoms with Crippen LogP contribution in [0.2, 0.25) is 0 Å². The van der Waals surface area contributed by atoms with Gasteiger partial charge in [0.05, 0.1) is 29.3 Å². The molecule has 1 saturated heterocycles. The van der Waals surface area contributed by atoms with Gasteiger partial charge in [-0.3, -0.25) is 0 Å². The number of imidazole rings is 1. The fourth-order valence-corrected chi connectivity index (χ4v) is 3.52. The summed E-state index contributed by atoms with van der Waals surface area (Å²) < 4.78 is 6.95. The van der Waals surface area contributed by atoms with Gasteiger partial charge in [-0.15, -0.1) is 0 Å². The van der Waals surface area contributed by atoms with Crippen LogP contribution < -0.4 is 11.0 Å². The number of benzene rings is 1. The highest BCUT2D eigenvalue weighted by Crippen LogP contribution is 2.34. The molecule has 3 N–H and O–H groups in total. The molecule has 1 aliphatic rings. The monoisotopic (exact) mass is 339 g/mol. The first-order valence-electron chi connectivity index (χ1n) is 6.82. The normalized spacial score (nSPS) is 24.4. The van der Waals surface area contributed by atoms with Crippen molar-refractivity contribution < 1.29 is 4.74 Å². The smallest absolute Gasteiger partial charge is 0.323 e. The van der Waals surface area contributed by atoms with E-state index in [1.54, 1.807) is 0 Å². The Morgan fingerprint density at radius 1 is 1.35 bits per heavy atom. The summed E-state index contributed by atoms with van der Waals surface area (Å²) in [6.07, 6.45) is 2.60. The molecule has 0 amide bonds. The highest BCUT2D eigenvalue weighted by molar-refractivity contribution is 9.10. The summed E-state index contributed by atoms with van der Waals surface area (Å²) in [5.41, 5.74) is 2.55. The van der Waals surface area contributed by atoms with Gasteiger partial charge in [-0.2, -0.15) is 0 Å². The van der Waals surface area contributed by atoms with E-state index in [1.165, 1.54) is 0 Å². The van der Waals surface area contributed by atoms with Crippen molar-refractivity contribution in [1.82, 2.24) is 15.3 Å². The Balaban J connectivity index is 2.02. The second kappa shape index (κ2) is 5.35. The van der Waals surface area contributed by atoms with Gasteiger partial charge in [0.2, 0.25) is 0 Å². The molecule has 0 spiro atoms. The zero-order chi connectivity index (χ0) is 14.3. The number of rotatable bonds is 3. The Morgan fingerprint density at radius 2 is 2.05 bits per heavy atom. The molecule has 1 aromatic carbocycles. The van der Waals surface area contributed by atoms with Gasteiger partial charge in [-0.1, -0.05) is 15.9 Å². The van der Waals surface area contributed by atoms with Crippen molar-refractivity contribution in [2.75, 3.05) is 7.05 Å². The molecule has 0 aliphatic carbocycles. The van der Waals surface area contributed by atoms with E-state index in [1.807, 2.05) is 19.2 Å². The Hall–Kier alpha value is -1.11. The first-order valence-corrected chi connectivity index (χ1v) is 7.62. The Kier molecular flexibility index (Phi) is 3.70. The van der Waals surface area contributed by atoms with Gasteiger partial charge in [0.25, 0.3) is 0 Å². The van der Waals surface area contributed by atoms with Crippen molar-refractivity contribution in [1.29, 1.82) is 0 Å². The van der Waals surface area contributed by atoms with Gasteiger partial charge in [0.15, 0.2) is 0 Å². The summed E-state index contributed by atoms with van der Waals surface area (Å²) in [6.45, 7) is 2.11. The van der Waals surface area contributed by atoms with Crippen molar-refractivity contribution in [2.45, 2.75) is 38.0 Å². The minimum Gasteiger partial charge on any atom is -0.373 e. The van der Waals surface area contributed by atoms with Gasteiger partial charge in [-0.05, 0) is 44.5 Å². The third kappa shape index (κ3) is 2.43. The Bertz CT molecular complexity index is 679. The third-order valence-corrected chi connectivity index (χ3v) is 4.60. The zero-order valence-corrected chi connectivity index (χ0v) is 13.1. The standard InChI is InChI=1S/C14H18BrN3O2/c1-7-3-4-12(20-7)13(16-2)8-5-10-11(6-9(8)15)18-14(19)17-10/h5-7,12-13,16H,3-4H2,1-2H3,(H2,17,18,19). The van der Waals surface area contributed by atoms with Crippen molar-refractivity contribution in [2.24, 2.45) is 0 Å². The first-order chi connectivity index (χ1) is 9.58. The van der Waals surface area contributed by atoms with Crippen LogP contribution in [0.4, 0.5) is 0 Å². The molecule has 1 aliphatic heterocycles. The summed E-state index contributed by atoms with van der Waals surface area (Å²) in [7, 11) is 1.94. The topological polar surface area (TPSA) is 69.9 Å². The van der Waals surface area contributed by atoms with Crippen molar-refractivity contribution >= 4 is 27.0 Å². The molecule has 1 aromatic heterocycles. The second-order valence-electron chi connectivity index (χ2n) is 5.33. The van der Waals surface area contributed by atoms with Crippen LogP contribution in [0.15, 0.2) is 21.4 Å². The van der Waals surface area contributed by atoms with E-state index < -0.39 is 0 Å². The maximum Gasteiger partial charge on any atom is 0.323 e. The maximum absolute atomic E-state index is 11.4. The average Bonchev–Trinajstić information content (AvgIpc) is 2.96. The van der Waals surface area contributed by atoms with E-state index >= 15 is 0 Å². The zero-order valence-electron chi connectivity index (χ0n) is 11.5. The van der Waals surface area contributed by atoms with Crippen LogP contribution in [0, 0.1) is 0 Å². The molecule has 20 heavy (non-hydrogen) atoms. The Morgan fingerprint density at radius 3 is 2.65 bits per heavy atom. The number of hydrogen-bond donors (Lipinski definition) is 3. The molecule has 3 rings (SSSR count). The molecule has 5 nitrogen and oxygen atoms in total. The summed E-state index contributed by atoms with van der Waals surface area (Å²) in [6, 6.07) is 4.05. The van der Waals surface area contributed by atoms with Crippen LogP contribution in [0.3, 0.4) is 0 Å². The molecular weight excluding hydrogens is 322 g/mol. The van der Waals surface area contributed by atoms with Crippen LogP contribution in [0.25, 0.3) is 11.0 Å². The van der Waals surface area contributed by atoms with Gasteiger partial charge in [-0.25, -0.2) is 4.79 Å². The lowest BCUT2D eigenvalue weighted by Gasteiger charge is -2.24. The molecule has 2 aromatic rings. The van der Waals surface area contributed by atoms with Gasteiger partial charge >= 0.3 is 5.69 Å². The van der Waals surface area contributed by atoms with Crippen LogP contribution >= 0.6 is 15.9 Å². The minimum absolute atomic E-state index is 0.108. The van der Waals surface area contributed by atoms with Crippen molar-refractivity contribution in [3.05, 3.63) is 32.7 Å². The fourth-order valence-electron chi connectivity index (χ4n) is 2.93. The second-order valence-corrected chi connectivity index (χ2v) is 6.18. The quantitative estimate of drug-likeness (QED) is 0.804. The number of nitrogens with one attached hydrogen (secondary N) is 3. The van der Waals surface area contributed by atoms with Crippen molar-refractivity contribution in [3.63, 3.8) is 0 Å². The molecule has 3 unspecified atom stereocenters. The predicted molar refractivity (Wildman–Crippen MR) is 82.0 cm³/mol. The summed E-state index contributed by atoms with van der Waals surface area (Å²) in [4.78, 5) is 17.0. The maximum atomic E-state index is 11.4. The average molecular weight is 340 g/mol. The molecule has 0 bridgehead atoms. The molecule has 6 heteroatoms. The minimum atomic E-state index is -0.184. The molecule has 0 saturated carbocycles. The SMILES string of the molecule is CNC(c1cc2[nH]c(=O)[nH]c2cc1Br)C1CCC(C)O1. The van der Waals surface area contributed by atoms with Crippen LogP contribution in [-0.4, -0.2) is 29.2 Å². The molecule has 108 valence electrons. The first kappa shape index (κ1) is 13.9. The molecule has 0 radical (unpaired) electrons. The van der Waals surface area contributed by atoms with E-state index in [-0.39, 0.29) is 17.8 Å². The van der Waals surface area contributed by atoms with E-state index in [4.69, 9.17) is 4.74 Å². The summed E-state index contributed by atoms with van der Waals surface area (Å²) in [5.74, 6) is 0. The molecular formula is C14H18BrN3O2. The van der Waals surface area contributed by atoms with E-state index in [9.17, 15) is 4.79 Å². The lowest BCUT2D eigenvalue weighted by molar-refractivity contribution is 0.0332. The van der Waals surface area contributed by atoms with Crippen LogP contribution in [-0.2, 0) is 4.74 Å². The van der Waals surface area contributed by atoms with E-state index in [2.05, 4.69) is 38.1 Å². The number of aromatic amines is 2. The van der Waals surface area contributed by atoms with Gasteiger partial charge in [0, 0.05) is 4.47 Å². The third-order valence-electron chi connectivity index (χ3n) is 3.92. The molecule has 2 heterocycles. The van der Waals surface area contributed by atoms with Crippen LogP contribution in [0.5, 0.6) is 0 Å². The fraction of sp³-hybridized carbons (Fsp3) is 0.500. The van der Waals surface area contributed by atoms with Gasteiger partial charge < -0.3 is 20.0 Å². The number of H-pyrrole nitrogens is 2. The molecule has 3 atom stereocenters. The highest BCUT2D eigenvalue weighted by Gasteiger charge is 2.31. The van der Waals surface area contributed by atoms with Gasteiger partial charge in [0.1, 0.15) is 0 Å². The lowest BCUT2D eigenvalue weighted by atomic mass is 9.99. The predicted octanol–water partition coefficient (Wildman–Crippen LogP) is 2.45. The number of ether oxygens (including phenoxy) is 1. The number of aromatic nitrogens is 2. The highest BCUT2D eigenvalue weighted by atomic mass is 79.9. The number of hydrogen-bond acceptors (Lipinski definition) is 3. The number of likely N-dealkylation sites (N-methyl/N-ethyl adjacent to an activating group) is 1. The molecule has 1 fully saturated rings. The summed E-state index contributed by atoms with van der Waals surface area (Å²) in [5, 5.41) is 3.34. The lowest BCUT2D eigenvalue weighted by Crippen LogP contribution is -2.29.